The molecule has 0 fully saturated rings. The number of amides is 1. The predicted molar refractivity (Wildman–Crippen MR) is 96.4 cm³/mol. The Morgan fingerprint density at radius 3 is 2.60 bits per heavy atom. The lowest BCUT2D eigenvalue weighted by molar-refractivity contribution is -0.122. The third-order valence-electron chi connectivity index (χ3n) is 3.83. The summed E-state index contributed by atoms with van der Waals surface area (Å²) in [6, 6.07) is 4.13. The number of carbonyl (C=O) groups excluding carboxylic acids is 1. The molecule has 0 saturated carbocycles. The Bertz CT molecular complexity index is 824. The molecule has 2 aromatic heterocycles. The van der Waals surface area contributed by atoms with E-state index >= 15 is 0 Å². The summed E-state index contributed by atoms with van der Waals surface area (Å²) in [5, 5.41) is 6.72. The van der Waals surface area contributed by atoms with E-state index in [0.29, 0.717) is 18.8 Å². The maximum absolute atomic E-state index is 12.5. The molecule has 3 N–H and O–H groups in total. The summed E-state index contributed by atoms with van der Waals surface area (Å²) in [7, 11) is -1.76. The normalized spacial score (nSPS) is 13.2. The maximum Gasteiger partial charge on any atom is 0.252 e. The molecule has 10 heteroatoms. The molecule has 1 unspecified atom stereocenters. The van der Waals surface area contributed by atoms with Crippen LogP contribution in [0.15, 0.2) is 28.6 Å². The number of hydrogen-bond donors (Lipinski definition) is 2. The Hall–Kier alpha value is -1.75. The van der Waals surface area contributed by atoms with Crippen molar-refractivity contribution in [1.82, 2.24) is 19.4 Å². The van der Waals surface area contributed by atoms with Gasteiger partial charge in [-0.15, -0.1) is 11.3 Å². The third-order valence-corrected chi connectivity index (χ3v) is 7.44. The van der Waals surface area contributed by atoms with E-state index in [1.807, 2.05) is 0 Å². The predicted octanol–water partition coefficient (Wildman–Crippen LogP) is 0.828. The van der Waals surface area contributed by atoms with Crippen LogP contribution in [0.25, 0.3) is 0 Å². The van der Waals surface area contributed by atoms with E-state index in [9.17, 15) is 13.2 Å². The van der Waals surface area contributed by atoms with Gasteiger partial charge in [-0.1, -0.05) is 13.8 Å². The first-order valence-corrected chi connectivity index (χ1v) is 10.2. The summed E-state index contributed by atoms with van der Waals surface area (Å²) < 4.78 is 28.2. The van der Waals surface area contributed by atoms with Crippen molar-refractivity contribution in [2.75, 3.05) is 13.1 Å². The van der Waals surface area contributed by atoms with E-state index in [-0.39, 0.29) is 16.7 Å². The summed E-state index contributed by atoms with van der Waals surface area (Å²) in [5.41, 5.74) is 6.53. The molecule has 0 saturated heterocycles. The summed E-state index contributed by atoms with van der Waals surface area (Å²) >= 11 is 1.15. The highest BCUT2D eigenvalue weighted by atomic mass is 32.2. The molecular weight excluding hydrogens is 362 g/mol. The van der Waals surface area contributed by atoms with E-state index in [4.69, 9.17) is 5.73 Å². The number of sulfonamides is 1. The van der Waals surface area contributed by atoms with E-state index < -0.39 is 16.1 Å². The number of nitrogens with one attached hydrogen (secondary N) is 1. The Morgan fingerprint density at radius 1 is 1.36 bits per heavy atom. The summed E-state index contributed by atoms with van der Waals surface area (Å²) in [5.74, 6) is -0.342. The number of nitrogens with zero attached hydrogens (tertiary/aromatic N) is 3. The lowest BCUT2D eigenvalue weighted by Crippen LogP contribution is -2.34. The van der Waals surface area contributed by atoms with Gasteiger partial charge < -0.3 is 11.1 Å². The van der Waals surface area contributed by atoms with Crippen LogP contribution in [0.1, 0.15) is 30.5 Å². The quantitative estimate of drug-likeness (QED) is 0.699. The highest BCUT2D eigenvalue weighted by Crippen LogP contribution is 2.25. The molecular formula is C15H23N5O3S2. The van der Waals surface area contributed by atoms with Crippen molar-refractivity contribution >= 4 is 27.3 Å². The van der Waals surface area contributed by atoms with Gasteiger partial charge in [0.15, 0.2) is 0 Å². The van der Waals surface area contributed by atoms with Gasteiger partial charge in [0.05, 0.1) is 12.2 Å². The van der Waals surface area contributed by atoms with Crippen molar-refractivity contribution in [3.63, 3.8) is 0 Å². The van der Waals surface area contributed by atoms with E-state index in [1.165, 1.54) is 4.31 Å². The minimum absolute atomic E-state index is 0.225. The molecule has 1 amide bonds. The molecule has 0 aliphatic rings. The zero-order valence-corrected chi connectivity index (χ0v) is 16.1. The van der Waals surface area contributed by atoms with Crippen LogP contribution in [0.2, 0.25) is 0 Å². The smallest absolute Gasteiger partial charge is 0.252 e. The number of rotatable bonds is 8. The molecule has 0 radical (unpaired) electrons. The topological polar surface area (TPSA) is 110 Å². The van der Waals surface area contributed by atoms with Gasteiger partial charge in [-0.05, 0) is 18.2 Å². The van der Waals surface area contributed by atoms with Crippen LogP contribution >= 0.6 is 11.3 Å². The fraction of sp³-hybridized carbons (Fsp3) is 0.467. The van der Waals surface area contributed by atoms with Crippen LogP contribution in [-0.4, -0.2) is 41.5 Å². The molecule has 2 heterocycles. The Morgan fingerprint density at radius 2 is 2.04 bits per heavy atom. The molecule has 0 aliphatic heterocycles. The molecule has 0 aliphatic carbocycles. The molecule has 2 rings (SSSR count). The van der Waals surface area contributed by atoms with Crippen LogP contribution in [0.3, 0.4) is 0 Å². The molecule has 0 aromatic carbocycles. The monoisotopic (exact) mass is 385 g/mol. The highest BCUT2D eigenvalue weighted by molar-refractivity contribution is 7.91. The van der Waals surface area contributed by atoms with Crippen LogP contribution in [-0.2, 0) is 28.4 Å². The van der Waals surface area contributed by atoms with Gasteiger partial charge >= 0.3 is 0 Å². The Kier molecular flexibility index (Phi) is 6.33. The number of aryl methyl sites for hydroxylation is 1. The fourth-order valence-corrected chi connectivity index (χ4v) is 5.30. The molecule has 2 aromatic rings. The number of hydrogen-bond acceptors (Lipinski definition) is 6. The van der Waals surface area contributed by atoms with Gasteiger partial charge in [0.2, 0.25) is 5.91 Å². The second kappa shape index (κ2) is 8.09. The first-order valence-electron chi connectivity index (χ1n) is 7.91. The fourth-order valence-electron chi connectivity index (χ4n) is 2.39. The van der Waals surface area contributed by atoms with E-state index in [0.717, 1.165) is 16.2 Å². The summed E-state index contributed by atoms with van der Waals surface area (Å²) in [4.78, 5) is 12.9. The minimum Gasteiger partial charge on any atom is -0.350 e. The Balaban J connectivity index is 2.02. The SMILES string of the molecule is CCN(CC)S(=O)(=O)c1ccc(CNC(=O)C(N)c2ccnn2C)s1. The zero-order chi connectivity index (χ0) is 18.6. The second-order valence-corrected chi connectivity index (χ2v) is 8.72. The van der Waals surface area contributed by atoms with Crippen molar-refractivity contribution in [3.8, 4) is 0 Å². The third kappa shape index (κ3) is 4.27. The molecule has 138 valence electrons. The summed E-state index contributed by atoms with van der Waals surface area (Å²) in [6.07, 6.45) is 1.58. The number of carbonyl (C=O) groups is 1. The standard InChI is InChI=1S/C15H23N5O3S2/c1-4-20(5-2)25(22,23)13-7-6-11(24-13)10-17-15(21)14(16)12-8-9-18-19(12)3/h6-9,14H,4-5,10,16H2,1-3H3,(H,17,21). The largest absolute Gasteiger partial charge is 0.350 e. The van der Waals surface area contributed by atoms with Crippen LogP contribution < -0.4 is 11.1 Å². The molecule has 0 spiro atoms. The minimum atomic E-state index is -3.47. The van der Waals surface area contributed by atoms with Crippen molar-refractivity contribution in [1.29, 1.82) is 0 Å². The van der Waals surface area contributed by atoms with Crippen molar-refractivity contribution in [3.05, 3.63) is 35.0 Å². The van der Waals surface area contributed by atoms with Crippen molar-refractivity contribution in [2.45, 2.75) is 30.6 Å². The summed E-state index contributed by atoms with van der Waals surface area (Å²) in [6.45, 7) is 4.67. The molecule has 25 heavy (non-hydrogen) atoms. The van der Waals surface area contributed by atoms with Gasteiger partial charge in [0, 0.05) is 31.2 Å². The van der Waals surface area contributed by atoms with Gasteiger partial charge in [0.25, 0.3) is 10.0 Å². The van der Waals surface area contributed by atoms with Crippen molar-refractivity contribution < 1.29 is 13.2 Å². The molecule has 8 nitrogen and oxygen atoms in total. The van der Waals surface area contributed by atoms with Gasteiger partial charge in [-0.3, -0.25) is 9.48 Å². The van der Waals surface area contributed by atoms with E-state index in [1.54, 1.807) is 50.0 Å². The van der Waals surface area contributed by atoms with Crippen LogP contribution in [0.4, 0.5) is 0 Å². The number of nitrogens with two attached hydrogens (primary N) is 1. The lowest BCUT2D eigenvalue weighted by Gasteiger charge is -2.16. The average Bonchev–Trinajstić information content (AvgIpc) is 3.22. The second-order valence-electron chi connectivity index (χ2n) is 5.39. The first-order chi connectivity index (χ1) is 11.8. The van der Waals surface area contributed by atoms with Gasteiger partial charge in [0.1, 0.15) is 10.3 Å². The number of aromatic nitrogens is 2. The van der Waals surface area contributed by atoms with Gasteiger partial charge in [-0.2, -0.15) is 9.40 Å². The Labute approximate surface area is 151 Å². The van der Waals surface area contributed by atoms with Crippen molar-refractivity contribution in [2.24, 2.45) is 12.8 Å². The lowest BCUT2D eigenvalue weighted by atomic mass is 10.2. The van der Waals surface area contributed by atoms with Crippen LogP contribution in [0.5, 0.6) is 0 Å². The number of thiophene rings is 1. The highest BCUT2D eigenvalue weighted by Gasteiger charge is 2.24. The van der Waals surface area contributed by atoms with E-state index in [2.05, 4.69) is 10.4 Å². The zero-order valence-electron chi connectivity index (χ0n) is 14.5. The van der Waals surface area contributed by atoms with Crippen LogP contribution in [0, 0.1) is 0 Å². The molecule has 0 bridgehead atoms. The first kappa shape index (κ1) is 19.6. The average molecular weight is 386 g/mol. The molecule has 1 atom stereocenters. The maximum atomic E-state index is 12.5. The van der Waals surface area contributed by atoms with Gasteiger partial charge in [-0.25, -0.2) is 8.42 Å².